The van der Waals surface area contributed by atoms with Gasteiger partial charge in [-0.3, -0.25) is 0 Å². The molecule has 1 aliphatic carbocycles. The third-order valence-corrected chi connectivity index (χ3v) is 6.17. The van der Waals surface area contributed by atoms with Crippen molar-refractivity contribution in [2.24, 2.45) is 5.92 Å². The highest BCUT2D eigenvalue weighted by molar-refractivity contribution is 5.64. The molecule has 1 nitrogen and oxygen atoms in total. The average Bonchev–Trinajstić information content (AvgIpc) is 2.75. The molecule has 0 aliphatic heterocycles. The number of benzene rings is 2. The fourth-order valence-corrected chi connectivity index (χ4v) is 4.35. The Balaban J connectivity index is 1.59. The molecule has 0 bridgehead atoms. The van der Waals surface area contributed by atoms with Crippen LogP contribution in [0.3, 0.4) is 0 Å². The normalized spacial score (nSPS) is 19.9. The molecule has 2 aromatic carbocycles. The third kappa shape index (κ3) is 4.98. The van der Waals surface area contributed by atoms with Crippen LogP contribution in [0.15, 0.2) is 48.5 Å². The molecule has 2 aromatic rings. The fourth-order valence-electron chi connectivity index (χ4n) is 4.35. The van der Waals surface area contributed by atoms with Gasteiger partial charge in [0.2, 0.25) is 0 Å². The Labute approximate surface area is 167 Å². The number of nitrogens with zero attached hydrogens (tertiary/aromatic N) is 1. The van der Waals surface area contributed by atoms with Gasteiger partial charge in [-0.2, -0.15) is 14.0 Å². The maximum atomic E-state index is 13.4. The van der Waals surface area contributed by atoms with Crippen molar-refractivity contribution in [3.05, 3.63) is 59.7 Å². The number of nitriles is 1. The molecule has 1 aliphatic rings. The minimum atomic E-state index is -3.43. The maximum Gasteiger partial charge on any atom is 0.357 e. The highest BCUT2D eigenvalue weighted by Crippen LogP contribution is 2.38. The van der Waals surface area contributed by atoms with Crippen molar-refractivity contribution in [1.82, 2.24) is 0 Å². The van der Waals surface area contributed by atoms with E-state index in [0.717, 1.165) is 23.1 Å². The second-order valence-corrected chi connectivity index (χ2v) is 8.10. The lowest BCUT2D eigenvalue weighted by Gasteiger charge is -2.29. The highest BCUT2D eigenvalue weighted by atomic mass is 19.3. The van der Waals surface area contributed by atoms with Crippen molar-refractivity contribution in [2.75, 3.05) is 0 Å². The van der Waals surface area contributed by atoms with Crippen molar-refractivity contribution in [3.63, 3.8) is 0 Å². The zero-order valence-corrected chi connectivity index (χ0v) is 16.6. The molecule has 28 heavy (non-hydrogen) atoms. The molecule has 0 spiro atoms. The predicted octanol–water partition coefficient (Wildman–Crippen LogP) is 7.82. The first kappa shape index (κ1) is 20.5. The van der Waals surface area contributed by atoms with Crippen molar-refractivity contribution in [3.8, 4) is 17.2 Å². The van der Waals surface area contributed by atoms with Gasteiger partial charge in [-0.25, -0.2) is 0 Å². The first-order chi connectivity index (χ1) is 13.5. The van der Waals surface area contributed by atoms with Gasteiger partial charge in [-0.15, -0.1) is 0 Å². The Bertz CT molecular complexity index is 779. The highest BCUT2D eigenvalue weighted by Gasteiger charge is 2.30. The Morgan fingerprint density at radius 1 is 0.893 bits per heavy atom. The summed E-state index contributed by atoms with van der Waals surface area (Å²) >= 11 is 0. The molecule has 0 amide bonds. The van der Waals surface area contributed by atoms with Crippen molar-refractivity contribution < 1.29 is 8.78 Å². The lowest BCUT2D eigenvalue weighted by Crippen LogP contribution is -2.13. The van der Waals surface area contributed by atoms with Crippen molar-refractivity contribution >= 4 is 0 Å². The fraction of sp³-hybridized carbons (Fsp3) is 0.480. The van der Waals surface area contributed by atoms with E-state index in [9.17, 15) is 8.78 Å². The van der Waals surface area contributed by atoms with E-state index in [1.54, 1.807) is 12.1 Å². The van der Waals surface area contributed by atoms with Gasteiger partial charge in [0, 0.05) is 5.56 Å². The number of alkyl halides is 2. The third-order valence-electron chi connectivity index (χ3n) is 6.17. The molecule has 1 saturated carbocycles. The summed E-state index contributed by atoms with van der Waals surface area (Å²) in [4.78, 5) is 0. The summed E-state index contributed by atoms with van der Waals surface area (Å²) in [6, 6.07) is 15.6. The molecule has 148 valence electrons. The van der Waals surface area contributed by atoms with E-state index >= 15 is 0 Å². The quantitative estimate of drug-likeness (QED) is 0.448. The van der Waals surface area contributed by atoms with Crippen LogP contribution in [0.5, 0.6) is 0 Å². The number of unbranched alkanes of at least 4 members (excludes halogenated alkanes) is 2. The first-order valence-electron chi connectivity index (χ1n) is 10.5. The lowest BCUT2D eigenvalue weighted by molar-refractivity contribution is 0.0613. The monoisotopic (exact) mass is 381 g/mol. The van der Waals surface area contributed by atoms with Gasteiger partial charge in [0.1, 0.15) is 6.07 Å². The van der Waals surface area contributed by atoms with E-state index in [0.29, 0.717) is 5.92 Å². The molecule has 0 unspecified atom stereocenters. The summed E-state index contributed by atoms with van der Waals surface area (Å²) in [5.74, 6) is -1.88. The van der Waals surface area contributed by atoms with E-state index in [4.69, 9.17) is 5.26 Å². The van der Waals surface area contributed by atoms with Gasteiger partial charge in [0.05, 0.1) is 0 Å². The van der Waals surface area contributed by atoms with Gasteiger partial charge >= 0.3 is 5.92 Å². The topological polar surface area (TPSA) is 23.8 Å². The van der Waals surface area contributed by atoms with E-state index in [1.807, 2.05) is 0 Å². The SMILES string of the molecule is CCCCC[C@H]1CC[C@H](c2ccc(-c3ccc(C(F)(F)C#N)cc3)cc2)CC1. The van der Waals surface area contributed by atoms with Crippen molar-refractivity contribution in [2.45, 2.75) is 70.1 Å². The van der Waals surface area contributed by atoms with Crippen LogP contribution in [0.2, 0.25) is 0 Å². The largest absolute Gasteiger partial charge is 0.357 e. The van der Waals surface area contributed by atoms with Crippen LogP contribution in [-0.2, 0) is 5.92 Å². The Kier molecular flexibility index (Phi) is 6.83. The van der Waals surface area contributed by atoms with Crippen LogP contribution >= 0.6 is 0 Å². The summed E-state index contributed by atoms with van der Waals surface area (Å²) in [6.07, 6.45) is 10.6. The van der Waals surface area contributed by atoms with Crippen LogP contribution in [0, 0.1) is 17.2 Å². The number of hydrogen-bond donors (Lipinski definition) is 0. The standard InChI is InChI=1S/C25H29F2N/c1-2-3-4-5-19-6-8-20(9-7-19)21-10-12-22(13-11-21)23-14-16-24(17-15-23)25(26,27)18-28/h10-17,19-20H,2-9H2,1H3/t19-,20-. The molecular formula is C25H29F2N. The zero-order valence-electron chi connectivity index (χ0n) is 16.6. The molecule has 3 heteroatoms. The van der Waals surface area contributed by atoms with Crippen LogP contribution in [0.1, 0.15) is 75.3 Å². The second kappa shape index (κ2) is 9.32. The van der Waals surface area contributed by atoms with E-state index in [2.05, 4.69) is 31.2 Å². The molecular weight excluding hydrogens is 352 g/mol. The van der Waals surface area contributed by atoms with Crippen LogP contribution in [-0.4, -0.2) is 0 Å². The molecule has 1 fully saturated rings. The molecule has 0 heterocycles. The van der Waals surface area contributed by atoms with E-state index in [-0.39, 0.29) is 5.56 Å². The molecule has 3 rings (SSSR count). The van der Waals surface area contributed by atoms with Crippen LogP contribution < -0.4 is 0 Å². The Hall–Kier alpha value is -2.21. The Morgan fingerprint density at radius 3 is 2.00 bits per heavy atom. The summed E-state index contributed by atoms with van der Waals surface area (Å²) in [7, 11) is 0. The average molecular weight is 382 g/mol. The minimum absolute atomic E-state index is 0.258. The first-order valence-corrected chi connectivity index (χ1v) is 10.5. The van der Waals surface area contributed by atoms with Gasteiger partial charge in [-0.1, -0.05) is 81.1 Å². The van der Waals surface area contributed by atoms with E-state index in [1.165, 1.54) is 69.1 Å². The summed E-state index contributed by atoms with van der Waals surface area (Å²) in [6.45, 7) is 2.26. The summed E-state index contributed by atoms with van der Waals surface area (Å²) in [5, 5.41) is 8.56. The molecule has 0 radical (unpaired) electrons. The van der Waals surface area contributed by atoms with Gasteiger partial charge in [0.25, 0.3) is 0 Å². The number of hydrogen-bond acceptors (Lipinski definition) is 1. The second-order valence-electron chi connectivity index (χ2n) is 8.10. The van der Waals surface area contributed by atoms with Gasteiger partial charge in [-0.05, 0) is 54.2 Å². The van der Waals surface area contributed by atoms with Crippen LogP contribution in [0.4, 0.5) is 8.78 Å². The maximum absolute atomic E-state index is 13.4. The molecule has 0 aromatic heterocycles. The van der Waals surface area contributed by atoms with Crippen LogP contribution in [0.25, 0.3) is 11.1 Å². The smallest absolute Gasteiger partial charge is 0.191 e. The minimum Gasteiger partial charge on any atom is -0.191 e. The lowest BCUT2D eigenvalue weighted by atomic mass is 9.77. The van der Waals surface area contributed by atoms with E-state index < -0.39 is 5.92 Å². The summed E-state index contributed by atoms with van der Waals surface area (Å²) < 4.78 is 26.9. The summed E-state index contributed by atoms with van der Waals surface area (Å²) in [5.41, 5.74) is 3.04. The van der Waals surface area contributed by atoms with Gasteiger partial charge in [0.15, 0.2) is 0 Å². The predicted molar refractivity (Wildman–Crippen MR) is 110 cm³/mol. The molecule has 0 saturated heterocycles. The van der Waals surface area contributed by atoms with Crippen molar-refractivity contribution in [1.29, 1.82) is 5.26 Å². The number of halogens is 2. The zero-order chi connectivity index (χ0) is 20.0. The molecule has 0 atom stereocenters. The number of rotatable bonds is 7. The van der Waals surface area contributed by atoms with Gasteiger partial charge < -0.3 is 0 Å². The molecule has 0 N–H and O–H groups in total. The Morgan fingerprint density at radius 2 is 1.46 bits per heavy atom.